The molecule has 3 rings (SSSR count). The molecular formula is C20H24N2O. The number of nitrogens with zero attached hydrogens (tertiary/aromatic N) is 2. The minimum absolute atomic E-state index is 0.0203. The number of rotatable bonds is 3. The van der Waals surface area contributed by atoms with Gasteiger partial charge in [0.05, 0.1) is 17.4 Å². The fourth-order valence-corrected chi connectivity index (χ4v) is 2.23. The van der Waals surface area contributed by atoms with Crippen molar-refractivity contribution in [1.29, 1.82) is 0 Å². The van der Waals surface area contributed by atoms with Crippen molar-refractivity contribution in [2.24, 2.45) is 0 Å². The molecule has 0 amide bonds. The van der Waals surface area contributed by atoms with Gasteiger partial charge in [-0.25, -0.2) is 4.98 Å². The van der Waals surface area contributed by atoms with E-state index in [0.29, 0.717) is 11.9 Å². The lowest BCUT2D eigenvalue weighted by molar-refractivity contribution is 0.713. The first-order valence-electron chi connectivity index (χ1n) is 8.17. The molecular weight excluding hydrogens is 284 g/mol. The Kier molecular flexibility index (Phi) is 6.10. The fraction of sp³-hybridized carbons (Fsp3) is 0.300. The minimum Gasteiger partial charge on any atom is -0.292 e. The standard InChI is InChI=1S/C16H14N2O.C4H10/c1-12-17-15-10-6-5-9-14(15)16(19)18(12)11-13-7-3-2-4-8-13;1-3-4-2/h2-10H,11H2,1H3;3-4H2,1-2H3. The highest BCUT2D eigenvalue weighted by Gasteiger charge is 2.07. The fourth-order valence-electron chi connectivity index (χ4n) is 2.23. The molecule has 0 aliphatic heterocycles. The normalized spacial score (nSPS) is 10.2. The summed E-state index contributed by atoms with van der Waals surface area (Å²) in [7, 11) is 0. The van der Waals surface area contributed by atoms with Crippen LogP contribution in [0.4, 0.5) is 0 Å². The second-order valence-electron chi connectivity index (χ2n) is 5.55. The molecule has 23 heavy (non-hydrogen) atoms. The Balaban J connectivity index is 0.000000433. The topological polar surface area (TPSA) is 34.9 Å². The van der Waals surface area contributed by atoms with E-state index in [1.807, 2.05) is 61.5 Å². The smallest absolute Gasteiger partial charge is 0.261 e. The Hall–Kier alpha value is -2.42. The van der Waals surface area contributed by atoms with Crippen molar-refractivity contribution >= 4 is 10.9 Å². The Morgan fingerprint density at radius 2 is 1.52 bits per heavy atom. The van der Waals surface area contributed by atoms with E-state index < -0.39 is 0 Å². The van der Waals surface area contributed by atoms with E-state index in [9.17, 15) is 4.79 Å². The third-order valence-electron chi connectivity index (χ3n) is 3.74. The maximum Gasteiger partial charge on any atom is 0.261 e. The van der Waals surface area contributed by atoms with Gasteiger partial charge < -0.3 is 0 Å². The Morgan fingerprint density at radius 3 is 2.17 bits per heavy atom. The minimum atomic E-state index is 0.0203. The van der Waals surface area contributed by atoms with E-state index >= 15 is 0 Å². The highest BCUT2D eigenvalue weighted by atomic mass is 16.1. The average molecular weight is 308 g/mol. The first kappa shape index (κ1) is 16.9. The Labute approximate surface area is 137 Å². The number of aromatic nitrogens is 2. The molecule has 0 saturated carbocycles. The van der Waals surface area contributed by atoms with Crippen molar-refractivity contribution in [2.45, 2.75) is 40.2 Å². The molecule has 3 nitrogen and oxygen atoms in total. The third kappa shape index (κ3) is 4.28. The van der Waals surface area contributed by atoms with Crippen LogP contribution in [0.2, 0.25) is 0 Å². The molecule has 0 atom stereocenters. The molecule has 120 valence electrons. The van der Waals surface area contributed by atoms with Gasteiger partial charge in [-0.05, 0) is 24.6 Å². The second kappa shape index (κ2) is 8.28. The summed E-state index contributed by atoms with van der Waals surface area (Å²) in [6.07, 6.45) is 2.64. The number of benzene rings is 2. The maximum absolute atomic E-state index is 12.5. The van der Waals surface area contributed by atoms with E-state index in [1.54, 1.807) is 4.57 Å². The van der Waals surface area contributed by atoms with Crippen LogP contribution >= 0.6 is 0 Å². The lowest BCUT2D eigenvalue weighted by atomic mass is 10.2. The zero-order valence-electron chi connectivity index (χ0n) is 14.1. The first-order valence-corrected chi connectivity index (χ1v) is 8.17. The molecule has 0 aliphatic rings. The molecule has 3 heteroatoms. The predicted octanol–water partition coefficient (Wildman–Crippen LogP) is 4.56. The molecule has 0 spiro atoms. The molecule has 0 bridgehead atoms. The van der Waals surface area contributed by atoms with Gasteiger partial charge in [-0.3, -0.25) is 9.36 Å². The summed E-state index contributed by atoms with van der Waals surface area (Å²) in [6, 6.07) is 17.4. The second-order valence-corrected chi connectivity index (χ2v) is 5.55. The van der Waals surface area contributed by atoms with Crippen molar-refractivity contribution in [3.63, 3.8) is 0 Å². The van der Waals surface area contributed by atoms with Crippen LogP contribution < -0.4 is 5.56 Å². The summed E-state index contributed by atoms with van der Waals surface area (Å²) in [4.78, 5) is 17.0. The molecule has 0 N–H and O–H groups in total. The Morgan fingerprint density at radius 1 is 0.913 bits per heavy atom. The van der Waals surface area contributed by atoms with Crippen molar-refractivity contribution in [2.75, 3.05) is 0 Å². The predicted molar refractivity (Wildman–Crippen MR) is 96.9 cm³/mol. The Bertz CT molecular complexity index is 805. The third-order valence-corrected chi connectivity index (χ3v) is 3.74. The van der Waals surface area contributed by atoms with E-state index in [4.69, 9.17) is 0 Å². The highest BCUT2D eigenvalue weighted by molar-refractivity contribution is 5.77. The SMILES string of the molecule is CCCC.Cc1nc2ccccc2c(=O)n1Cc1ccccc1. The van der Waals surface area contributed by atoms with Crippen LogP contribution in [-0.4, -0.2) is 9.55 Å². The molecule has 0 aliphatic carbocycles. The van der Waals surface area contributed by atoms with Crippen molar-refractivity contribution in [3.8, 4) is 0 Å². The quantitative estimate of drug-likeness (QED) is 0.711. The number of hydrogen-bond acceptors (Lipinski definition) is 2. The molecule has 0 unspecified atom stereocenters. The summed E-state index contributed by atoms with van der Waals surface area (Å²) < 4.78 is 1.72. The van der Waals surface area contributed by atoms with E-state index in [2.05, 4.69) is 18.8 Å². The summed E-state index contributed by atoms with van der Waals surface area (Å²) in [5, 5.41) is 0.670. The first-order chi connectivity index (χ1) is 11.2. The van der Waals surface area contributed by atoms with E-state index in [1.165, 1.54) is 12.8 Å². The van der Waals surface area contributed by atoms with Crippen LogP contribution in [0.5, 0.6) is 0 Å². The van der Waals surface area contributed by atoms with Gasteiger partial charge >= 0.3 is 0 Å². The zero-order chi connectivity index (χ0) is 16.7. The van der Waals surface area contributed by atoms with Gasteiger partial charge in [0.25, 0.3) is 5.56 Å². The molecule has 3 aromatic rings. The van der Waals surface area contributed by atoms with Crippen LogP contribution in [0.1, 0.15) is 38.1 Å². The highest BCUT2D eigenvalue weighted by Crippen LogP contribution is 2.09. The van der Waals surface area contributed by atoms with Gasteiger partial charge in [-0.2, -0.15) is 0 Å². The number of para-hydroxylation sites is 1. The molecule has 0 radical (unpaired) electrons. The summed E-state index contributed by atoms with van der Waals surface area (Å²) in [5.74, 6) is 0.743. The van der Waals surface area contributed by atoms with Crippen LogP contribution in [0.15, 0.2) is 59.4 Å². The van der Waals surface area contributed by atoms with Gasteiger partial charge in [-0.1, -0.05) is 69.2 Å². The van der Waals surface area contributed by atoms with Crippen LogP contribution in [0.3, 0.4) is 0 Å². The number of aryl methyl sites for hydroxylation is 1. The van der Waals surface area contributed by atoms with Crippen molar-refractivity contribution < 1.29 is 0 Å². The maximum atomic E-state index is 12.5. The van der Waals surface area contributed by atoms with Crippen LogP contribution in [0.25, 0.3) is 10.9 Å². The monoisotopic (exact) mass is 308 g/mol. The number of hydrogen-bond donors (Lipinski definition) is 0. The largest absolute Gasteiger partial charge is 0.292 e. The van der Waals surface area contributed by atoms with Gasteiger partial charge in [0.1, 0.15) is 5.82 Å². The summed E-state index contributed by atoms with van der Waals surface area (Å²) >= 11 is 0. The van der Waals surface area contributed by atoms with E-state index in [0.717, 1.165) is 16.9 Å². The number of fused-ring (bicyclic) bond motifs is 1. The van der Waals surface area contributed by atoms with Crippen molar-refractivity contribution in [1.82, 2.24) is 9.55 Å². The van der Waals surface area contributed by atoms with Gasteiger partial charge in [0, 0.05) is 0 Å². The summed E-state index contributed by atoms with van der Waals surface area (Å²) in [6.45, 7) is 6.79. The average Bonchev–Trinajstić information content (AvgIpc) is 2.60. The van der Waals surface area contributed by atoms with Gasteiger partial charge in [-0.15, -0.1) is 0 Å². The van der Waals surface area contributed by atoms with Crippen molar-refractivity contribution in [3.05, 3.63) is 76.3 Å². The molecule has 1 heterocycles. The van der Waals surface area contributed by atoms with Crippen LogP contribution in [-0.2, 0) is 6.54 Å². The molecule has 0 fully saturated rings. The lowest BCUT2D eigenvalue weighted by Gasteiger charge is -2.10. The molecule has 2 aromatic carbocycles. The van der Waals surface area contributed by atoms with E-state index in [-0.39, 0.29) is 5.56 Å². The molecule has 0 saturated heterocycles. The van der Waals surface area contributed by atoms with Crippen LogP contribution in [0, 0.1) is 6.92 Å². The molecule has 1 aromatic heterocycles. The zero-order valence-corrected chi connectivity index (χ0v) is 14.1. The number of unbranched alkanes of at least 4 members (excludes halogenated alkanes) is 1. The van der Waals surface area contributed by atoms with Gasteiger partial charge in [0.15, 0.2) is 0 Å². The summed E-state index contributed by atoms with van der Waals surface area (Å²) in [5.41, 5.74) is 1.88. The van der Waals surface area contributed by atoms with Gasteiger partial charge in [0.2, 0.25) is 0 Å². The lowest BCUT2D eigenvalue weighted by Crippen LogP contribution is -2.24.